The molecule has 0 N–H and O–H groups in total. The number of nitriles is 1. The van der Waals surface area contributed by atoms with Gasteiger partial charge in [-0.1, -0.05) is 6.07 Å². The van der Waals surface area contributed by atoms with Crippen LogP contribution in [0.15, 0.2) is 18.2 Å². The summed E-state index contributed by atoms with van der Waals surface area (Å²) in [4.78, 5) is 12.8. The van der Waals surface area contributed by atoms with Crippen LogP contribution in [0, 0.1) is 21.4 Å². The van der Waals surface area contributed by atoms with Crippen molar-refractivity contribution in [3.05, 3.63) is 33.9 Å². The van der Waals surface area contributed by atoms with Crippen LogP contribution in [0.2, 0.25) is 0 Å². The normalized spacial score (nSPS) is 18.9. The zero-order chi connectivity index (χ0) is 16.3. The summed E-state index contributed by atoms with van der Waals surface area (Å²) in [5.74, 6) is 0.289. The van der Waals surface area contributed by atoms with Gasteiger partial charge in [0.2, 0.25) is 0 Å². The summed E-state index contributed by atoms with van der Waals surface area (Å²) in [7, 11) is 0. The molecule has 0 aliphatic carbocycles. The van der Waals surface area contributed by atoms with Crippen molar-refractivity contribution in [1.29, 1.82) is 5.26 Å². The minimum absolute atomic E-state index is 0.00666. The van der Waals surface area contributed by atoms with E-state index in [9.17, 15) is 15.4 Å². The quantitative estimate of drug-likeness (QED) is 0.630. The molecule has 1 saturated heterocycles. The summed E-state index contributed by atoms with van der Waals surface area (Å²) >= 11 is 0. The Labute approximate surface area is 130 Å². The highest BCUT2D eigenvalue weighted by atomic mass is 16.6. The first-order valence-corrected chi connectivity index (χ1v) is 7.41. The van der Waals surface area contributed by atoms with Gasteiger partial charge in [0.25, 0.3) is 5.69 Å². The Morgan fingerprint density at radius 3 is 2.82 bits per heavy atom. The number of nitrogens with zero attached hydrogens (tertiary/aromatic N) is 3. The molecule has 1 aromatic rings. The van der Waals surface area contributed by atoms with Gasteiger partial charge in [0.15, 0.2) is 5.56 Å². The van der Waals surface area contributed by atoms with Gasteiger partial charge in [-0.3, -0.25) is 15.0 Å². The molecule has 1 heterocycles. The van der Waals surface area contributed by atoms with E-state index in [1.54, 1.807) is 12.1 Å². The standard InChI is InChI=1S/C16H21N3O3/c1-16(2,3)18-9-5-6-12(18)11-22-15-8-4-7-14(19(20)21)13(15)10-17/h4,7-8,12H,5-6,9,11H2,1-3H3/t12-/m1/s1. The largest absolute Gasteiger partial charge is 0.490 e. The Kier molecular flexibility index (Phi) is 4.67. The maximum Gasteiger partial charge on any atom is 0.290 e. The molecule has 1 aromatic carbocycles. The third-order valence-electron chi connectivity index (χ3n) is 3.98. The molecule has 22 heavy (non-hydrogen) atoms. The van der Waals surface area contributed by atoms with Gasteiger partial charge >= 0.3 is 0 Å². The van der Waals surface area contributed by atoms with Crippen molar-refractivity contribution in [2.45, 2.75) is 45.2 Å². The van der Waals surface area contributed by atoms with E-state index in [2.05, 4.69) is 25.7 Å². The fourth-order valence-electron chi connectivity index (χ4n) is 2.98. The molecule has 6 heteroatoms. The van der Waals surface area contributed by atoms with Gasteiger partial charge in [-0.15, -0.1) is 0 Å². The van der Waals surface area contributed by atoms with Crippen molar-refractivity contribution in [2.75, 3.05) is 13.2 Å². The van der Waals surface area contributed by atoms with Gasteiger partial charge in [0.1, 0.15) is 18.4 Å². The molecule has 2 rings (SSSR count). The van der Waals surface area contributed by atoms with Gasteiger partial charge in [-0.05, 0) is 46.2 Å². The average Bonchev–Trinajstić information content (AvgIpc) is 2.93. The second-order valence-electron chi connectivity index (χ2n) is 6.49. The van der Waals surface area contributed by atoms with Crippen LogP contribution in [0.3, 0.4) is 0 Å². The predicted octanol–water partition coefficient (Wildman–Crippen LogP) is 3.11. The minimum Gasteiger partial charge on any atom is -0.490 e. The lowest BCUT2D eigenvalue weighted by molar-refractivity contribution is -0.385. The van der Waals surface area contributed by atoms with Crippen molar-refractivity contribution in [2.24, 2.45) is 0 Å². The monoisotopic (exact) mass is 303 g/mol. The maximum absolute atomic E-state index is 11.0. The summed E-state index contributed by atoms with van der Waals surface area (Å²) in [6.07, 6.45) is 2.15. The summed E-state index contributed by atoms with van der Waals surface area (Å²) in [6.45, 7) is 7.96. The van der Waals surface area contributed by atoms with E-state index in [1.807, 2.05) is 6.07 Å². The number of likely N-dealkylation sites (tertiary alicyclic amines) is 1. The van der Waals surface area contributed by atoms with Crippen LogP contribution in [0.1, 0.15) is 39.2 Å². The number of ether oxygens (including phenoxy) is 1. The molecule has 1 fully saturated rings. The van der Waals surface area contributed by atoms with E-state index in [0.29, 0.717) is 6.61 Å². The predicted molar refractivity (Wildman–Crippen MR) is 82.8 cm³/mol. The number of nitro groups is 1. The second kappa shape index (κ2) is 6.32. The van der Waals surface area contributed by atoms with Crippen molar-refractivity contribution in [3.8, 4) is 11.8 Å². The third-order valence-corrected chi connectivity index (χ3v) is 3.98. The van der Waals surface area contributed by atoms with Gasteiger partial charge < -0.3 is 4.74 Å². The Morgan fingerprint density at radius 1 is 1.50 bits per heavy atom. The Morgan fingerprint density at radius 2 is 2.23 bits per heavy atom. The van der Waals surface area contributed by atoms with Crippen LogP contribution in [0.4, 0.5) is 5.69 Å². The number of benzene rings is 1. The summed E-state index contributed by atoms with van der Waals surface area (Å²) in [6, 6.07) is 6.63. The van der Waals surface area contributed by atoms with Crippen molar-refractivity contribution < 1.29 is 9.66 Å². The molecule has 1 aliphatic heterocycles. The van der Waals surface area contributed by atoms with E-state index < -0.39 is 4.92 Å². The van der Waals surface area contributed by atoms with Gasteiger partial charge in [0, 0.05) is 17.6 Å². The Bertz CT molecular complexity index is 602. The molecule has 0 radical (unpaired) electrons. The zero-order valence-corrected chi connectivity index (χ0v) is 13.2. The van der Waals surface area contributed by atoms with Crippen LogP contribution in [0.5, 0.6) is 5.75 Å². The van der Waals surface area contributed by atoms with E-state index in [-0.39, 0.29) is 28.6 Å². The minimum atomic E-state index is -0.553. The summed E-state index contributed by atoms with van der Waals surface area (Å²) < 4.78 is 5.76. The van der Waals surface area contributed by atoms with Crippen molar-refractivity contribution >= 4 is 5.69 Å². The molecular weight excluding hydrogens is 282 g/mol. The molecule has 0 aromatic heterocycles. The number of rotatable bonds is 4. The van der Waals surface area contributed by atoms with E-state index >= 15 is 0 Å². The SMILES string of the molecule is CC(C)(C)N1CCC[C@@H]1COc1cccc([N+](=O)[O-])c1C#N. The van der Waals surface area contributed by atoms with Gasteiger partial charge in [0.05, 0.1) is 4.92 Å². The van der Waals surface area contributed by atoms with Crippen molar-refractivity contribution in [3.63, 3.8) is 0 Å². The molecule has 6 nitrogen and oxygen atoms in total. The molecule has 1 aliphatic rings. The first kappa shape index (κ1) is 16.2. The summed E-state index contributed by atoms with van der Waals surface area (Å²) in [5, 5.41) is 20.1. The second-order valence-corrected chi connectivity index (χ2v) is 6.49. The third kappa shape index (κ3) is 3.37. The fourth-order valence-corrected chi connectivity index (χ4v) is 2.98. The molecule has 0 saturated carbocycles. The molecule has 0 amide bonds. The molecule has 0 bridgehead atoms. The summed E-state index contributed by atoms with van der Waals surface area (Å²) in [5.41, 5.74) is -0.155. The van der Waals surface area contributed by atoms with Gasteiger partial charge in [-0.25, -0.2) is 0 Å². The molecule has 118 valence electrons. The molecular formula is C16H21N3O3. The van der Waals surface area contributed by atoms with Gasteiger partial charge in [-0.2, -0.15) is 5.26 Å². The highest BCUT2D eigenvalue weighted by molar-refractivity contribution is 5.56. The first-order chi connectivity index (χ1) is 10.3. The van der Waals surface area contributed by atoms with Crippen LogP contribution in [-0.2, 0) is 0 Å². The smallest absolute Gasteiger partial charge is 0.290 e. The van der Waals surface area contributed by atoms with Crippen LogP contribution < -0.4 is 4.74 Å². The van der Waals surface area contributed by atoms with E-state index in [1.165, 1.54) is 6.07 Å². The van der Waals surface area contributed by atoms with Crippen molar-refractivity contribution in [1.82, 2.24) is 4.90 Å². The zero-order valence-electron chi connectivity index (χ0n) is 13.2. The fraction of sp³-hybridized carbons (Fsp3) is 0.562. The lowest BCUT2D eigenvalue weighted by Gasteiger charge is -2.36. The first-order valence-electron chi connectivity index (χ1n) is 7.41. The average molecular weight is 303 g/mol. The van der Waals surface area contributed by atoms with Crippen LogP contribution >= 0.6 is 0 Å². The molecule has 0 spiro atoms. The van der Waals surface area contributed by atoms with E-state index in [0.717, 1.165) is 19.4 Å². The number of nitro benzene ring substituents is 1. The topological polar surface area (TPSA) is 79.4 Å². The van der Waals surface area contributed by atoms with Crippen LogP contribution in [-0.4, -0.2) is 34.6 Å². The number of hydrogen-bond acceptors (Lipinski definition) is 5. The highest BCUT2D eigenvalue weighted by Crippen LogP contribution is 2.30. The van der Waals surface area contributed by atoms with E-state index in [4.69, 9.17) is 4.74 Å². The highest BCUT2D eigenvalue weighted by Gasteiger charge is 2.33. The molecule has 1 atom stereocenters. The Balaban J connectivity index is 2.14. The van der Waals surface area contributed by atoms with Crippen LogP contribution in [0.25, 0.3) is 0 Å². The Hall–Kier alpha value is -2.13. The molecule has 0 unspecified atom stereocenters. The lowest BCUT2D eigenvalue weighted by atomic mass is 10.0. The number of hydrogen-bond donors (Lipinski definition) is 0. The lowest BCUT2D eigenvalue weighted by Crippen LogP contribution is -2.46. The maximum atomic E-state index is 11.0.